The minimum absolute atomic E-state index is 0.155. The maximum atomic E-state index is 12.6. The van der Waals surface area contributed by atoms with Gasteiger partial charge in [-0.05, 0) is 6.92 Å². The molecule has 0 aliphatic rings. The number of benzene rings is 2. The molecule has 0 radical (unpaired) electrons. The van der Waals surface area contributed by atoms with Crippen LogP contribution in [0.4, 0.5) is 5.13 Å². The molecule has 150 valence electrons. The van der Waals surface area contributed by atoms with Crippen LogP contribution in [0.3, 0.4) is 0 Å². The zero-order chi connectivity index (χ0) is 20.1. The molecule has 0 fully saturated rings. The number of amides is 1. The van der Waals surface area contributed by atoms with Crippen LogP contribution in [0.5, 0.6) is 5.75 Å². The molecule has 2 aromatic heterocycles. The summed E-state index contributed by atoms with van der Waals surface area (Å²) in [6.07, 6.45) is 0. The van der Waals surface area contributed by atoms with Gasteiger partial charge in [0, 0.05) is 6.61 Å². The van der Waals surface area contributed by atoms with Gasteiger partial charge in [0.25, 0.3) is 0 Å². The van der Waals surface area contributed by atoms with Crippen molar-refractivity contribution in [2.45, 2.75) is 6.92 Å². The molecule has 8 heteroatoms. The molecular weight excluding hydrogens is 519 g/mol. The second-order valence-corrected chi connectivity index (χ2v) is 11.5. The summed E-state index contributed by atoms with van der Waals surface area (Å²) in [6.45, 7) is 2.74. The molecule has 0 aliphatic heterocycles. The number of rotatable bonds is 8. The summed E-state index contributed by atoms with van der Waals surface area (Å²) in [4.78, 5) is 17.1. The number of anilines is 1. The van der Waals surface area contributed by atoms with Gasteiger partial charge in [-0.2, -0.15) is 0 Å². The number of aromatic nitrogens is 1. The Morgan fingerprint density at radius 2 is 2.03 bits per heavy atom. The first-order chi connectivity index (χ1) is 14.2. The van der Waals surface area contributed by atoms with Gasteiger partial charge in [0.05, 0.1) is 0 Å². The van der Waals surface area contributed by atoms with E-state index in [0.29, 0.717) is 17.3 Å². The van der Waals surface area contributed by atoms with E-state index in [0.717, 1.165) is 16.0 Å². The third-order valence-corrected chi connectivity index (χ3v) is 8.99. The van der Waals surface area contributed by atoms with Gasteiger partial charge in [0.1, 0.15) is 0 Å². The molecule has 0 atom stereocenters. The Balaban J connectivity index is 1.41. The summed E-state index contributed by atoms with van der Waals surface area (Å²) >= 11 is 3.02. The number of nitrogens with one attached hydrogen (secondary N) is 1. The van der Waals surface area contributed by atoms with Gasteiger partial charge in [-0.25, -0.2) is 0 Å². The van der Waals surface area contributed by atoms with Gasteiger partial charge < -0.3 is 4.74 Å². The maximum absolute atomic E-state index is 12.6. The Kier molecular flexibility index (Phi) is 6.75. The number of thiazole rings is 1. The number of carbonyl (C=O) groups is 1. The summed E-state index contributed by atoms with van der Waals surface area (Å²) in [5, 5.41) is 5.57. The number of fused-ring (bicyclic) bond motifs is 1. The zero-order valence-corrected chi connectivity index (χ0v) is 19.3. The van der Waals surface area contributed by atoms with Gasteiger partial charge in [-0.3, -0.25) is 0 Å². The monoisotopic (exact) mass is 537 g/mol. The van der Waals surface area contributed by atoms with Crippen molar-refractivity contribution in [3.63, 3.8) is 0 Å². The van der Waals surface area contributed by atoms with Crippen molar-refractivity contribution in [1.29, 1.82) is 0 Å². The normalized spacial score (nSPS) is 11.1. The van der Waals surface area contributed by atoms with Crippen LogP contribution in [0.2, 0.25) is 0 Å². The molecule has 0 spiro atoms. The molecule has 0 bridgehead atoms. The number of nitrogens with zero attached hydrogens (tertiary/aromatic N) is 1. The quantitative estimate of drug-likeness (QED) is 0.213. The number of carbonyl (C=O) groups excluding carboxylic acids is 1. The number of hydrogen-bond donors (Lipinski definition) is 1. The average molecular weight is 537 g/mol. The Labute approximate surface area is 187 Å². The fourth-order valence-electron chi connectivity index (χ4n) is 2.49. The number of ether oxygens (including phenoxy) is 2. The van der Waals surface area contributed by atoms with Crippen molar-refractivity contribution in [1.82, 2.24) is 4.98 Å². The zero-order valence-electron chi connectivity index (χ0n) is 15.6. The van der Waals surface area contributed by atoms with Crippen molar-refractivity contribution >= 4 is 43.9 Å². The molecule has 1 N–H and O–H groups in total. The van der Waals surface area contributed by atoms with E-state index in [9.17, 15) is 4.79 Å². The van der Waals surface area contributed by atoms with Crippen LogP contribution in [0.1, 0.15) is 17.3 Å². The Morgan fingerprint density at radius 3 is 2.79 bits per heavy atom. The molecule has 5 nitrogen and oxygen atoms in total. The van der Waals surface area contributed by atoms with E-state index >= 15 is 0 Å². The van der Waals surface area contributed by atoms with Crippen molar-refractivity contribution in [3.05, 3.63) is 72.0 Å². The van der Waals surface area contributed by atoms with E-state index < -0.39 is 0 Å². The number of thiophene rings is 1. The van der Waals surface area contributed by atoms with Crippen molar-refractivity contribution in [3.8, 4) is 5.75 Å². The fraction of sp³-hybridized carbons (Fsp3) is 0.143. The third kappa shape index (κ3) is 5.33. The standard InChI is InChI=1S/C21H18IN2O3S2/c1-2-26-13-27-16-9-10-17-18(12-16)29-21(23-17)24-20(25)14-5-7-15(8-6-14)22-19-4-3-11-28-19/h3-12H,2,13H2,1H3,(H,23,24,25)/q-1. The number of halogens is 1. The fourth-order valence-corrected chi connectivity index (χ4v) is 7.01. The summed E-state index contributed by atoms with van der Waals surface area (Å²) in [5.74, 6) is 0.565. The Hall–Kier alpha value is -2.01. The second-order valence-electron chi connectivity index (χ2n) is 5.88. The molecule has 2 heterocycles. The molecule has 4 aromatic rings. The third-order valence-electron chi connectivity index (χ3n) is 3.89. The summed E-state index contributed by atoms with van der Waals surface area (Å²) in [6, 6.07) is 17.7. The molecular formula is C21H18IN2O3S2-. The molecule has 0 unspecified atom stereocenters. The predicted octanol–water partition coefficient (Wildman–Crippen LogP) is 2.11. The summed E-state index contributed by atoms with van der Waals surface area (Å²) in [5.41, 5.74) is 1.45. The molecule has 1 amide bonds. The topological polar surface area (TPSA) is 60.5 Å². The van der Waals surface area contributed by atoms with Crippen LogP contribution in [-0.4, -0.2) is 24.3 Å². The molecule has 29 heavy (non-hydrogen) atoms. The second kappa shape index (κ2) is 9.66. The van der Waals surface area contributed by atoms with Gasteiger partial charge in [0.2, 0.25) is 0 Å². The Morgan fingerprint density at radius 1 is 1.17 bits per heavy atom. The van der Waals surface area contributed by atoms with Crippen LogP contribution in [0.15, 0.2) is 60.0 Å². The van der Waals surface area contributed by atoms with Crippen LogP contribution in [-0.2, 0) is 4.74 Å². The first-order valence-corrected chi connectivity index (χ1v) is 12.8. The van der Waals surface area contributed by atoms with Crippen molar-refractivity contribution in [2.75, 3.05) is 18.7 Å². The van der Waals surface area contributed by atoms with E-state index in [2.05, 4.69) is 27.8 Å². The van der Waals surface area contributed by atoms with Gasteiger partial charge >= 0.3 is 163 Å². The van der Waals surface area contributed by atoms with E-state index in [1.807, 2.05) is 49.4 Å². The van der Waals surface area contributed by atoms with Crippen LogP contribution < -0.4 is 31.3 Å². The SMILES string of the molecule is CCOCOc1ccc2nc(NC(=O)c3ccc([I-]c4cccs4)cc3)sc2c1. The molecule has 2 aromatic carbocycles. The first kappa shape index (κ1) is 20.3. The van der Waals surface area contributed by atoms with E-state index in [4.69, 9.17) is 9.47 Å². The molecule has 0 aliphatic carbocycles. The predicted molar refractivity (Wildman–Crippen MR) is 113 cm³/mol. The minimum atomic E-state index is -0.183. The van der Waals surface area contributed by atoms with E-state index in [1.165, 1.54) is 17.8 Å². The van der Waals surface area contributed by atoms with Crippen molar-refractivity contribution in [2.24, 2.45) is 0 Å². The average Bonchev–Trinajstić information content (AvgIpc) is 3.37. The summed E-state index contributed by atoms with van der Waals surface area (Å²) in [7, 11) is 0. The van der Waals surface area contributed by atoms with Gasteiger partial charge in [0.15, 0.2) is 6.79 Å². The molecule has 4 rings (SSSR count). The van der Waals surface area contributed by atoms with Gasteiger partial charge in [-0.1, -0.05) is 0 Å². The molecule has 0 saturated heterocycles. The molecule has 0 saturated carbocycles. The summed E-state index contributed by atoms with van der Waals surface area (Å²) < 4.78 is 14.4. The Bertz CT molecular complexity index is 1100. The van der Waals surface area contributed by atoms with Gasteiger partial charge in [-0.15, -0.1) is 0 Å². The van der Waals surface area contributed by atoms with Crippen LogP contribution in [0, 0.1) is 6.45 Å². The number of hydrogen-bond acceptors (Lipinski definition) is 6. The first-order valence-electron chi connectivity index (χ1n) is 8.92. The van der Waals surface area contributed by atoms with Crippen molar-refractivity contribution < 1.29 is 35.5 Å². The van der Waals surface area contributed by atoms with E-state index in [-0.39, 0.29) is 33.9 Å². The van der Waals surface area contributed by atoms with Crippen LogP contribution >= 0.6 is 22.7 Å². The van der Waals surface area contributed by atoms with Crippen LogP contribution in [0.25, 0.3) is 10.2 Å². The van der Waals surface area contributed by atoms with E-state index in [1.54, 1.807) is 11.3 Å².